The standard InChI is InChI=1S/C23H18N2O4/c1-15-9-11-18(12-10-15)28-14-21(26)24-17-6-4-5-16(13-17)22-25-20-8-3-2-7-19(20)23(27)29-22/h2-13H,14H2,1H3,(H,24,26). The maximum atomic E-state index is 12.2. The van der Waals surface area contributed by atoms with E-state index in [2.05, 4.69) is 10.3 Å². The fraction of sp³-hybridized carbons (Fsp3) is 0.0870. The molecule has 0 unspecified atom stereocenters. The van der Waals surface area contributed by atoms with Gasteiger partial charge in [0.05, 0.1) is 10.9 Å². The van der Waals surface area contributed by atoms with E-state index in [9.17, 15) is 9.59 Å². The SMILES string of the molecule is Cc1ccc(OCC(=O)Nc2cccc(-c3nc4ccccc4c(=O)o3)c2)cc1. The Kier molecular flexibility index (Phi) is 5.07. The van der Waals surface area contributed by atoms with Crippen LogP contribution < -0.4 is 15.7 Å². The van der Waals surface area contributed by atoms with Crippen LogP contribution in [0.3, 0.4) is 0 Å². The Morgan fingerprint density at radius 2 is 1.83 bits per heavy atom. The number of hydrogen-bond acceptors (Lipinski definition) is 5. The fourth-order valence-corrected chi connectivity index (χ4v) is 2.85. The highest BCUT2D eigenvalue weighted by molar-refractivity contribution is 5.92. The van der Waals surface area contributed by atoms with Crippen molar-refractivity contribution in [2.75, 3.05) is 11.9 Å². The summed E-state index contributed by atoms with van der Waals surface area (Å²) in [6, 6.07) is 21.4. The third kappa shape index (κ3) is 4.32. The van der Waals surface area contributed by atoms with E-state index in [1.165, 1.54) is 0 Å². The van der Waals surface area contributed by atoms with E-state index in [1.54, 1.807) is 42.5 Å². The minimum Gasteiger partial charge on any atom is -0.484 e. The Morgan fingerprint density at radius 1 is 1.03 bits per heavy atom. The minimum atomic E-state index is -0.452. The van der Waals surface area contributed by atoms with Crippen LogP contribution in [0.4, 0.5) is 5.69 Å². The molecule has 0 radical (unpaired) electrons. The lowest BCUT2D eigenvalue weighted by Gasteiger charge is -2.09. The molecule has 1 aromatic heterocycles. The van der Waals surface area contributed by atoms with Crippen LogP contribution in [0.5, 0.6) is 5.75 Å². The minimum absolute atomic E-state index is 0.114. The molecule has 1 heterocycles. The number of benzene rings is 3. The average Bonchev–Trinajstić information content (AvgIpc) is 2.73. The summed E-state index contributed by atoms with van der Waals surface area (Å²) in [4.78, 5) is 28.8. The molecule has 0 saturated heterocycles. The second-order valence-electron chi connectivity index (χ2n) is 6.55. The first-order valence-electron chi connectivity index (χ1n) is 9.08. The van der Waals surface area contributed by atoms with Crippen LogP contribution in [-0.2, 0) is 4.79 Å². The third-order valence-corrected chi connectivity index (χ3v) is 4.32. The summed E-state index contributed by atoms with van der Waals surface area (Å²) < 4.78 is 10.8. The maximum Gasteiger partial charge on any atom is 0.347 e. The summed E-state index contributed by atoms with van der Waals surface area (Å²) >= 11 is 0. The fourth-order valence-electron chi connectivity index (χ4n) is 2.85. The second-order valence-corrected chi connectivity index (χ2v) is 6.55. The zero-order valence-corrected chi connectivity index (χ0v) is 15.7. The van der Waals surface area contributed by atoms with E-state index >= 15 is 0 Å². The van der Waals surface area contributed by atoms with Crippen LogP contribution in [0.2, 0.25) is 0 Å². The van der Waals surface area contributed by atoms with E-state index in [1.807, 2.05) is 37.3 Å². The monoisotopic (exact) mass is 386 g/mol. The highest BCUT2D eigenvalue weighted by Crippen LogP contribution is 2.22. The molecule has 0 saturated carbocycles. The summed E-state index contributed by atoms with van der Waals surface area (Å²) in [6.07, 6.45) is 0. The first-order chi connectivity index (χ1) is 14.1. The Balaban J connectivity index is 1.49. The van der Waals surface area contributed by atoms with Gasteiger partial charge in [-0.05, 0) is 49.4 Å². The van der Waals surface area contributed by atoms with Gasteiger partial charge in [-0.15, -0.1) is 0 Å². The van der Waals surface area contributed by atoms with Crippen LogP contribution in [0.1, 0.15) is 5.56 Å². The quantitative estimate of drug-likeness (QED) is 0.556. The zero-order chi connectivity index (χ0) is 20.2. The summed E-state index contributed by atoms with van der Waals surface area (Å²) in [5.74, 6) is 0.526. The largest absolute Gasteiger partial charge is 0.484 e. The van der Waals surface area contributed by atoms with Crippen LogP contribution in [-0.4, -0.2) is 17.5 Å². The number of nitrogens with one attached hydrogen (secondary N) is 1. The van der Waals surface area contributed by atoms with Gasteiger partial charge in [-0.3, -0.25) is 4.79 Å². The lowest BCUT2D eigenvalue weighted by atomic mass is 10.2. The topological polar surface area (TPSA) is 81.4 Å². The van der Waals surface area contributed by atoms with Gasteiger partial charge in [-0.25, -0.2) is 9.78 Å². The van der Waals surface area contributed by atoms with Crippen molar-refractivity contribution in [3.63, 3.8) is 0 Å². The molecule has 0 atom stereocenters. The molecule has 4 aromatic rings. The molecule has 29 heavy (non-hydrogen) atoms. The number of anilines is 1. The normalized spacial score (nSPS) is 10.7. The van der Waals surface area contributed by atoms with Gasteiger partial charge in [0.1, 0.15) is 5.75 Å². The molecule has 0 aliphatic heterocycles. The first kappa shape index (κ1) is 18.4. The lowest BCUT2D eigenvalue weighted by molar-refractivity contribution is -0.118. The molecule has 0 aliphatic carbocycles. The second kappa shape index (κ2) is 7.98. The zero-order valence-electron chi connectivity index (χ0n) is 15.7. The Bertz CT molecular complexity index is 1230. The number of nitrogens with zero attached hydrogens (tertiary/aromatic N) is 1. The molecule has 1 N–H and O–H groups in total. The van der Waals surface area contributed by atoms with E-state index in [0.29, 0.717) is 27.9 Å². The number of amides is 1. The molecule has 144 valence electrons. The summed E-state index contributed by atoms with van der Waals surface area (Å²) in [5.41, 5.74) is 2.36. The Labute approximate surface area is 166 Å². The number of para-hydroxylation sites is 1. The lowest BCUT2D eigenvalue weighted by Crippen LogP contribution is -2.20. The Morgan fingerprint density at radius 3 is 2.66 bits per heavy atom. The van der Waals surface area contributed by atoms with Gasteiger partial charge in [0, 0.05) is 11.3 Å². The molecule has 4 rings (SSSR count). The van der Waals surface area contributed by atoms with Crippen molar-refractivity contribution in [1.29, 1.82) is 0 Å². The van der Waals surface area contributed by atoms with Gasteiger partial charge >= 0.3 is 5.63 Å². The molecule has 3 aromatic carbocycles. The highest BCUT2D eigenvalue weighted by Gasteiger charge is 2.10. The van der Waals surface area contributed by atoms with Crippen LogP contribution in [0.25, 0.3) is 22.4 Å². The summed E-state index contributed by atoms with van der Waals surface area (Å²) in [7, 11) is 0. The Hall–Kier alpha value is -3.93. The van der Waals surface area contributed by atoms with Gasteiger partial charge < -0.3 is 14.5 Å². The number of rotatable bonds is 5. The number of carbonyl (C=O) groups is 1. The van der Waals surface area contributed by atoms with Crippen molar-refractivity contribution in [3.8, 4) is 17.2 Å². The highest BCUT2D eigenvalue weighted by atomic mass is 16.5. The van der Waals surface area contributed by atoms with Crippen LogP contribution in [0.15, 0.2) is 82.0 Å². The number of fused-ring (bicyclic) bond motifs is 1. The van der Waals surface area contributed by atoms with Gasteiger partial charge in [-0.2, -0.15) is 0 Å². The molecule has 0 fully saturated rings. The third-order valence-electron chi connectivity index (χ3n) is 4.32. The van der Waals surface area contributed by atoms with Crippen molar-refractivity contribution < 1.29 is 13.9 Å². The first-order valence-corrected chi connectivity index (χ1v) is 9.08. The van der Waals surface area contributed by atoms with Crippen LogP contribution >= 0.6 is 0 Å². The summed E-state index contributed by atoms with van der Waals surface area (Å²) in [6.45, 7) is 1.87. The predicted molar refractivity (Wildman–Crippen MR) is 111 cm³/mol. The van der Waals surface area contributed by atoms with Crippen molar-refractivity contribution in [3.05, 3.63) is 88.8 Å². The molecule has 0 aliphatic rings. The maximum absolute atomic E-state index is 12.2. The molecule has 0 bridgehead atoms. The van der Waals surface area contributed by atoms with Gasteiger partial charge in [0.15, 0.2) is 6.61 Å². The van der Waals surface area contributed by atoms with Crippen molar-refractivity contribution in [1.82, 2.24) is 4.98 Å². The summed E-state index contributed by atoms with van der Waals surface area (Å²) in [5, 5.41) is 3.20. The number of ether oxygens (including phenoxy) is 1. The molecular formula is C23H18N2O4. The number of aromatic nitrogens is 1. The van der Waals surface area contributed by atoms with Gasteiger partial charge in [0.2, 0.25) is 5.89 Å². The van der Waals surface area contributed by atoms with Crippen LogP contribution in [0, 0.1) is 6.92 Å². The van der Waals surface area contributed by atoms with E-state index < -0.39 is 5.63 Å². The average molecular weight is 386 g/mol. The molecule has 0 spiro atoms. The van der Waals surface area contributed by atoms with Crippen molar-refractivity contribution >= 4 is 22.5 Å². The number of aryl methyl sites for hydroxylation is 1. The van der Waals surface area contributed by atoms with Crippen molar-refractivity contribution in [2.45, 2.75) is 6.92 Å². The smallest absolute Gasteiger partial charge is 0.347 e. The molecular weight excluding hydrogens is 368 g/mol. The number of carbonyl (C=O) groups excluding carboxylic acids is 1. The van der Waals surface area contributed by atoms with Gasteiger partial charge in [-0.1, -0.05) is 35.9 Å². The predicted octanol–water partition coefficient (Wildman–Crippen LogP) is 4.18. The molecule has 1 amide bonds. The number of hydrogen-bond donors (Lipinski definition) is 1. The molecule has 6 heteroatoms. The van der Waals surface area contributed by atoms with E-state index in [-0.39, 0.29) is 18.4 Å². The van der Waals surface area contributed by atoms with Crippen molar-refractivity contribution in [2.24, 2.45) is 0 Å². The van der Waals surface area contributed by atoms with E-state index in [4.69, 9.17) is 9.15 Å². The molecule has 6 nitrogen and oxygen atoms in total. The van der Waals surface area contributed by atoms with E-state index in [0.717, 1.165) is 5.56 Å². The van der Waals surface area contributed by atoms with Gasteiger partial charge in [0.25, 0.3) is 5.91 Å².